The first-order valence-electron chi connectivity index (χ1n) is 4.04. The number of nitro benzene ring substituents is 1. The minimum Gasteiger partial charge on any atom is -0.258 e. The van der Waals surface area contributed by atoms with E-state index < -0.39 is 20.7 Å². The van der Waals surface area contributed by atoms with Gasteiger partial charge in [-0.05, 0) is 13.0 Å². The van der Waals surface area contributed by atoms with Crippen LogP contribution in [0.25, 0.3) is 0 Å². The summed E-state index contributed by atoms with van der Waals surface area (Å²) in [7, 11) is -3.75. The van der Waals surface area contributed by atoms with Gasteiger partial charge in [0.2, 0.25) is 10.0 Å². The normalized spacial score (nSPS) is 11.3. The van der Waals surface area contributed by atoms with E-state index in [1.807, 2.05) is 0 Å². The Bertz CT molecular complexity index is 495. The molecule has 0 amide bonds. The predicted octanol–water partition coefficient (Wildman–Crippen LogP) is 0.692. The quantitative estimate of drug-likeness (QED) is 0.609. The van der Waals surface area contributed by atoms with Crippen LogP contribution in [0.3, 0.4) is 0 Å². The van der Waals surface area contributed by atoms with Gasteiger partial charge in [-0.25, -0.2) is 13.6 Å². The van der Waals surface area contributed by atoms with Crippen LogP contribution in [0.1, 0.15) is 11.1 Å². The van der Waals surface area contributed by atoms with Crippen molar-refractivity contribution in [1.82, 2.24) is 0 Å². The van der Waals surface area contributed by atoms with Gasteiger partial charge in [-0.15, -0.1) is 0 Å². The summed E-state index contributed by atoms with van der Waals surface area (Å²) in [5, 5.41) is 15.4. The zero-order chi connectivity index (χ0) is 11.6. The van der Waals surface area contributed by atoms with E-state index in [9.17, 15) is 18.5 Å². The van der Waals surface area contributed by atoms with Gasteiger partial charge in [0.05, 0.1) is 10.7 Å². The van der Waals surface area contributed by atoms with Crippen LogP contribution in [-0.4, -0.2) is 13.3 Å². The molecule has 0 aliphatic carbocycles. The second kappa shape index (κ2) is 3.95. The maximum absolute atomic E-state index is 10.8. The number of hydrogen-bond acceptors (Lipinski definition) is 4. The lowest BCUT2D eigenvalue weighted by molar-refractivity contribution is -0.385. The number of nitrogens with zero attached hydrogens (tertiary/aromatic N) is 1. The van der Waals surface area contributed by atoms with Crippen molar-refractivity contribution in [3.63, 3.8) is 0 Å². The Kier molecular flexibility index (Phi) is 3.06. The Balaban J connectivity index is 3.25. The number of rotatable bonds is 3. The molecule has 7 heteroatoms. The molecule has 1 aromatic carbocycles. The van der Waals surface area contributed by atoms with E-state index in [2.05, 4.69) is 0 Å². The molecule has 0 saturated carbocycles. The number of primary sulfonamides is 1. The van der Waals surface area contributed by atoms with Crippen molar-refractivity contribution in [2.24, 2.45) is 5.14 Å². The third-order valence-corrected chi connectivity index (χ3v) is 2.50. The molecule has 0 aliphatic rings. The van der Waals surface area contributed by atoms with Crippen LogP contribution in [-0.2, 0) is 15.8 Å². The van der Waals surface area contributed by atoms with Gasteiger partial charge in [0.1, 0.15) is 0 Å². The highest BCUT2D eigenvalue weighted by Gasteiger charge is 2.17. The Morgan fingerprint density at radius 3 is 2.53 bits per heavy atom. The van der Waals surface area contributed by atoms with Crippen molar-refractivity contribution in [2.75, 3.05) is 0 Å². The van der Waals surface area contributed by atoms with Crippen molar-refractivity contribution < 1.29 is 13.3 Å². The van der Waals surface area contributed by atoms with E-state index in [0.717, 1.165) is 5.56 Å². The van der Waals surface area contributed by atoms with Gasteiger partial charge in [0.25, 0.3) is 5.69 Å². The molecule has 1 aromatic rings. The largest absolute Gasteiger partial charge is 0.273 e. The van der Waals surface area contributed by atoms with E-state index in [1.165, 1.54) is 12.1 Å². The fourth-order valence-corrected chi connectivity index (χ4v) is 1.89. The summed E-state index contributed by atoms with van der Waals surface area (Å²) in [5.41, 5.74) is 0.636. The predicted molar refractivity (Wildman–Crippen MR) is 54.6 cm³/mol. The highest BCUT2D eigenvalue weighted by atomic mass is 32.2. The van der Waals surface area contributed by atoms with Gasteiger partial charge in [-0.2, -0.15) is 0 Å². The topological polar surface area (TPSA) is 103 Å². The minimum atomic E-state index is -3.75. The van der Waals surface area contributed by atoms with Crippen molar-refractivity contribution in [3.8, 4) is 0 Å². The van der Waals surface area contributed by atoms with Crippen LogP contribution >= 0.6 is 0 Å². The smallest absolute Gasteiger partial charge is 0.258 e. The van der Waals surface area contributed by atoms with Crippen molar-refractivity contribution in [3.05, 3.63) is 39.4 Å². The number of nitro groups is 1. The standard InChI is InChI=1S/C8H10N2O4S/c1-6-2-3-8(10(11)12)7(4-6)5-15(9,13)14/h2-4H,5H2,1H3,(H2,9,13,14). The number of benzene rings is 1. The van der Waals surface area contributed by atoms with Crippen molar-refractivity contribution in [1.29, 1.82) is 0 Å². The van der Waals surface area contributed by atoms with E-state index in [4.69, 9.17) is 5.14 Å². The van der Waals surface area contributed by atoms with E-state index in [-0.39, 0.29) is 11.3 Å². The summed E-state index contributed by atoms with van der Waals surface area (Å²) < 4.78 is 21.7. The molecule has 0 spiro atoms. The van der Waals surface area contributed by atoms with E-state index in [1.54, 1.807) is 13.0 Å². The van der Waals surface area contributed by atoms with Crippen LogP contribution in [0.15, 0.2) is 18.2 Å². The molecule has 0 aromatic heterocycles. The van der Waals surface area contributed by atoms with Crippen molar-refractivity contribution >= 4 is 15.7 Å². The van der Waals surface area contributed by atoms with Gasteiger partial charge < -0.3 is 0 Å². The molecule has 0 heterocycles. The Hall–Kier alpha value is -1.47. The molecule has 0 atom stereocenters. The molecule has 0 fully saturated rings. The average molecular weight is 230 g/mol. The summed E-state index contributed by atoms with van der Waals surface area (Å²) in [6.45, 7) is 1.72. The summed E-state index contributed by atoms with van der Waals surface area (Å²) >= 11 is 0. The second-order valence-electron chi connectivity index (χ2n) is 3.20. The molecule has 0 radical (unpaired) electrons. The zero-order valence-electron chi connectivity index (χ0n) is 8.00. The second-order valence-corrected chi connectivity index (χ2v) is 4.81. The Labute approximate surface area is 86.9 Å². The fourth-order valence-electron chi connectivity index (χ4n) is 1.22. The van der Waals surface area contributed by atoms with Crippen LogP contribution in [0.5, 0.6) is 0 Å². The molecular weight excluding hydrogens is 220 g/mol. The molecule has 0 bridgehead atoms. The molecule has 1 rings (SSSR count). The van der Waals surface area contributed by atoms with Gasteiger partial charge in [-0.3, -0.25) is 10.1 Å². The third kappa shape index (κ3) is 3.30. The lowest BCUT2D eigenvalue weighted by atomic mass is 10.1. The summed E-state index contributed by atoms with van der Waals surface area (Å²) in [4.78, 5) is 9.96. The summed E-state index contributed by atoms with van der Waals surface area (Å²) in [6.07, 6.45) is 0. The number of nitrogens with two attached hydrogens (primary N) is 1. The zero-order valence-corrected chi connectivity index (χ0v) is 8.82. The van der Waals surface area contributed by atoms with Crippen LogP contribution in [0, 0.1) is 17.0 Å². The Morgan fingerprint density at radius 1 is 1.47 bits per heavy atom. The number of hydrogen-bond donors (Lipinski definition) is 1. The molecule has 0 unspecified atom stereocenters. The summed E-state index contributed by atoms with van der Waals surface area (Å²) in [6, 6.07) is 4.27. The molecule has 82 valence electrons. The van der Waals surface area contributed by atoms with Crippen LogP contribution in [0.4, 0.5) is 5.69 Å². The first kappa shape index (κ1) is 11.6. The molecule has 6 nitrogen and oxygen atoms in total. The first-order valence-corrected chi connectivity index (χ1v) is 5.75. The molecular formula is C8H10N2O4S. The monoisotopic (exact) mass is 230 g/mol. The molecule has 2 N–H and O–H groups in total. The first-order chi connectivity index (χ1) is 6.79. The molecule has 0 aliphatic heterocycles. The summed E-state index contributed by atoms with van der Waals surface area (Å²) in [5.74, 6) is -0.523. The fraction of sp³-hybridized carbons (Fsp3) is 0.250. The van der Waals surface area contributed by atoms with Gasteiger partial charge >= 0.3 is 0 Å². The lowest BCUT2D eigenvalue weighted by Gasteiger charge is -2.02. The molecule has 15 heavy (non-hydrogen) atoms. The SMILES string of the molecule is Cc1ccc([N+](=O)[O-])c(CS(N)(=O)=O)c1. The lowest BCUT2D eigenvalue weighted by Crippen LogP contribution is -2.15. The van der Waals surface area contributed by atoms with Crippen molar-refractivity contribution in [2.45, 2.75) is 12.7 Å². The number of aryl methyl sites for hydroxylation is 1. The van der Waals surface area contributed by atoms with E-state index >= 15 is 0 Å². The molecule has 0 saturated heterocycles. The highest BCUT2D eigenvalue weighted by molar-refractivity contribution is 7.88. The maximum atomic E-state index is 10.8. The highest BCUT2D eigenvalue weighted by Crippen LogP contribution is 2.21. The van der Waals surface area contributed by atoms with Crippen LogP contribution < -0.4 is 5.14 Å². The van der Waals surface area contributed by atoms with Gasteiger partial charge in [0.15, 0.2) is 0 Å². The van der Waals surface area contributed by atoms with Crippen LogP contribution in [0.2, 0.25) is 0 Å². The maximum Gasteiger partial charge on any atom is 0.273 e. The van der Waals surface area contributed by atoms with Gasteiger partial charge in [-0.1, -0.05) is 11.6 Å². The van der Waals surface area contributed by atoms with Gasteiger partial charge in [0, 0.05) is 11.6 Å². The number of sulfonamides is 1. The third-order valence-electron chi connectivity index (χ3n) is 1.79. The average Bonchev–Trinajstić information content (AvgIpc) is 1.99. The minimum absolute atomic E-state index is 0.113. The Morgan fingerprint density at radius 2 is 2.07 bits per heavy atom. The van der Waals surface area contributed by atoms with E-state index in [0.29, 0.717) is 0 Å².